The average molecular weight is 439 g/mol. The molecule has 6 nitrogen and oxygen atoms in total. The Balaban J connectivity index is 1.49. The van der Waals surface area contributed by atoms with Crippen molar-refractivity contribution in [1.29, 1.82) is 0 Å². The minimum absolute atomic E-state index is 0.0228. The first kappa shape index (κ1) is 23.6. The number of carbonyl (C=O) groups excluding carboxylic acids is 2. The molecule has 1 fully saturated rings. The van der Waals surface area contributed by atoms with Crippen LogP contribution in [0, 0.1) is 6.92 Å². The molecule has 2 aromatic rings. The van der Waals surface area contributed by atoms with Gasteiger partial charge in [0.1, 0.15) is 11.5 Å². The topological polar surface area (TPSA) is 67.9 Å². The van der Waals surface area contributed by atoms with E-state index in [4.69, 9.17) is 9.47 Å². The van der Waals surface area contributed by atoms with E-state index in [0.29, 0.717) is 18.7 Å². The monoisotopic (exact) mass is 438 g/mol. The third-order valence-corrected chi connectivity index (χ3v) is 5.83. The summed E-state index contributed by atoms with van der Waals surface area (Å²) in [4.78, 5) is 27.0. The van der Waals surface area contributed by atoms with Crippen LogP contribution in [-0.2, 0) is 10.2 Å². The fourth-order valence-corrected chi connectivity index (χ4v) is 3.87. The molecule has 6 heteroatoms. The first-order valence-electron chi connectivity index (χ1n) is 11.1. The molecule has 0 radical (unpaired) electrons. The molecule has 1 aliphatic rings. The highest BCUT2D eigenvalue weighted by Gasteiger charge is 2.25. The Bertz CT molecular complexity index is 939. The van der Waals surface area contributed by atoms with Crippen LogP contribution < -0.4 is 14.8 Å². The van der Waals surface area contributed by atoms with Gasteiger partial charge in [-0.25, -0.2) is 0 Å². The standard InChI is InChI=1S/C26H34N2O4/c1-18-6-11-23(22(16-18)26(2,3)4)32-17-24(29)28-14-12-20(13-15-28)27-25(30)19-7-9-21(31-5)10-8-19/h6-11,16,20H,12-15,17H2,1-5H3,(H,27,30). The smallest absolute Gasteiger partial charge is 0.260 e. The largest absolute Gasteiger partial charge is 0.497 e. The number of methoxy groups -OCH3 is 1. The van der Waals surface area contributed by atoms with E-state index < -0.39 is 0 Å². The fourth-order valence-electron chi connectivity index (χ4n) is 3.87. The van der Waals surface area contributed by atoms with Gasteiger partial charge in [-0.2, -0.15) is 0 Å². The number of ether oxygens (including phenoxy) is 2. The van der Waals surface area contributed by atoms with Crippen LogP contribution >= 0.6 is 0 Å². The first-order valence-corrected chi connectivity index (χ1v) is 11.1. The Morgan fingerprint density at radius 2 is 1.72 bits per heavy atom. The number of amides is 2. The summed E-state index contributed by atoms with van der Waals surface area (Å²) in [5.41, 5.74) is 2.81. The molecular formula is C26H34N2O4. The summed E-state index contributed by atoms with van der Waals surface area (Å²) in [6.45, 7) is 9.71. The predicted molar refractivity (Wildman–Crippen MR) is 125 cm³/mol. The number of rotatable bonds is 6. The van der Waals surface area contributed by atoms with Gasteiger partial charge >= 0.3 is 0 Å². The van der Waals surface area contributed by atoms with Crippen LogP contribution in [0.15, 0.2) is 42.5 Å². The third kappa shape index (κ3) is 6.02. The number of nitrogens with zero attached hydrogens (tertiary/aromatic N) is 1. The summed E-state index contributed by atoms with van der Waals surface area (Å²) in [5, 5.41) is 3.07. The van der Waals surface area contributed by atoms with Crippen molar-refractivity contribution in [3.05, 3.63) is 59.2 Å². The highest BCUT2D eigenvalue weighted by molar-refractivity contribution is 5.94. The van der Waals surface area contributed by atoms with Gasteiger partial charge in [-0.05, 0) is 61.1 Å². The molecule has 0 spiro atoms. The lowest BCUT2D eigenvalue weighted by molar-refractivity contribution is -0.134. The van der Waals surface area contributed by atoms with E-state index in [1.54, 1.807) is 31.4 Å². The van der Waals surface area contributed by atoms with Crippen molar-refractivity contribution in [2.45, 2.75) is 52.0 Å². The average Bonchev–Trinajstić information content (AvgIpc) is 2.78. The first-order chi connectivity index (χ1) is 15.2. The van der Waals surface area contributed by atoms with E-state index in [1.165, 1.54) is 5.56 Å². The van der Waals surface area contributed by atoms with Crippen molar-refractivity contribution >= 4 is 11.8 Å². The van der Waals surface area contributed by atoms with Crippen LogP contribution in [0.3, 0.4) is 0 Å². The van der Waals surface area contributed by atoms with Crippen LogP contribution in [0.4, 0.5) is 0 Å². The Morgan fingerprint density at radius 3 is 2.31 bits per heavy atom. The van der Waals surface area contributed by atoms with Gasteiger partial charge in [0.25, 0.3) is 11.8 Å². The molecule has 0 unspecified atom stereocenters. The summed E-state index contributed by atoms with van der Waals surface area (Å²) in [5.74, 6) is 1.36. The SMILES string of the molecule is COc1ccc(C(=O)NC2CCN(C(=O)COc3ccc(C)cc3C(C)(C)C)CC2)cc1. The third-order valence-electron chi connectivity index (χ3n) is 5.83. The number of piperidine rings is 1. The van der Waals surface area contributed by atoms with E-state index in [9.17, 15) is 9.59 Å². The number of likely N-dealkylation sites (tertiary alicyclic amines) is 1. The van der Waals surface area contributed by atoms with Crippen molar-refractivity contribution in [3.63, 3.8) is 0 Å². The van der Waals surface area contributed by atoms with Crippen LogP contribution in [0.5, 0.6) is 11.5 Å². The molecular weight excluding hydrogens is 404 g/mol. The van der Waals surface area contributed by atoms with E-state index in [2.05, 4.69) is 39.1 Å². The number of nitrogens with one attached hydrogen (secondary N) is 1. The molecule has 0 atom stereocenters. The summed E-state index contributed by atoms with van der Waals surface area (Å²) >= 11 is 0. The summed E-state index contributed by atoms with van der Waals surface area (Å²) < 4.78 is 11.1. The van der Waals surface area contributed by atoms with Crippen molar-refractivity contribution in [3.8, 4) is 11.5 Å². The second kappa shape index (κ2) is 10.1. The normalized spacial score (nSPS) is 14.7. The number of benzene rings is 2. The van der Waals surface area contributed by atoms with Gasteiger partial charge in [-0.3, -0.25) is 9.59 Å². The quantitative estimate of drug-likeness (QED) is 0.737. The molecule has 1 heterocycles. The molecule has 172 valence electrons. The van der Waals surface area contributed by atoms with Crippen molar-refractivity contribution < 1.29 is 19.1 Å². The van der Waals surface area contributed by atoms with Gasteiger partial charge < -0.3 is 19.7 Å². The molecule has 32 heavy (non-hydrogen) atoms. The molecule has 2 amide bonds. The Kier molecular flexibility index (Phi) is 7.44. The van der Waals surface area contributed by atoms with E-state index in [-0.39, 0.29) is 29.9 Å². The van der Waals surface area contributed by atoms with Crippen LogP contribution in [0.2, 0.25) is 0 Å². The molecule has 1 aliphatic heterocycles. The van der Waals surface area contributed by atoms with E-state index >= 15 is 0 Å². The summed E-state index contributed by atoms with van der Waals surface area (Å²) in [6, 6.07) is 13.2. The second-order valence-electron chi connectivity index (χ2n) is 9.40. The summed E-state index contributed by atoms with van der Waals surface area (Å²) in [6.07, 6.45) is 1.46. The van der Waals surface area contributed by atoms with Crippen molar-refractivity contribution in [2.24, 2.45) is 0 Å². The zero-order valence-corrected chi connectivity index (χ0v) is 19.7. The number of hydrogen-bond donors (Lipinski definition) is 1. The van der Waals surface area contributed by atoms with E-state index in [1.807, 2.05) is 17.0 Å². The van der Waals surface area contributed by atoms with Gasteiger partial charge in [0.2, 0.25) is 0 Å². The zero-order chi connectivity index (χ0) is 23.3. The molecule has 0 bridgehead atoms. The maximum Gasteiger partial charge on any atom is 0.260 e. The zero-order valence-electron chi connectivity index (χ0n) is 19.7. The molecule has 0 aromatic heterocycles. The highest BCUT2D eigenvalue weighted by Crippen LogP contribution is 2.32. The lowest BCUT2D eigenvalue weighted by atomic mass is 9.85. The molecule has 0 aliphatic carbocycles. The lowest BCUT2D eigenvalue weighted by Crippen LogP contribution is -2.47. The molecule has 1 N–H and O–H groups in total. The van der Waals surface area contributed by atoms with Crippen molar-refractivity contribution in [1.82, 2.24) is 10.2 Å². The number of hydrogen-bond acceptors (Lipinski definition) is 4. The van der Waals surface area contributed by atoms with Crippen molar-refractivity contribution in [2.75, 3.05) is 26.8 Å². The minimum Gasteiger partial charge on any atom is -0.497 e. The second-order valence-corrected chi connectivity index (χ2v) is 9.40. The molecule has 3 rings (SSSR count). The molecule has 1 saturated heterocycles. The maximum absolute atomic E-state index is 12.7. The lowest BCUT2D eigenvalue weighted by Gasteiger charge is -2.32. The number of aryl methyl sites for hydroxylation is 1. The van der Waals surface area contributed by atoms with Gasteiger partial charge in [-0.1, -0.05) is 38.5 Å². The molecule has 2 aromatic carbocycles. The van der Waals surface area contributed by atoms with Gasteiger partial charge in [0.05, 0.1) is 7.11 Å². The highest BCUT2D eigenvalue weighted by atomic mass is 16.5. The fraction of sp³-hybridized carbons (Fsp3) is 0.462. The Morgan fingerprint density at radius 1 is 1.06 bits per heavy atom. The van der Waals surface area contributed by atoms with Crippen LogP contribution in [0.25, 0.3) is 0 Å². The van der Waals surface area contributed by atoms with Crippen LogP contribution in [-0.4, -0.2) is 49.6 Å². The van der Waals surface area contributed by atoms with Gasteiger partial charge in [0.15, 0.2) is 6.61 Å². The Labute approximate surface area is 190 Å². The van der Waals surface area contributed by atoms with E-state index in [0.717, 1.165) is 29.9 Å². The molecule has 0 saturated carbocycles. The van der Waals surface area contributed by atoms with Crippen LogP contribution in [0.1, 0.15) is 55.1 Å². The Hall–Kier alpha value is -3.02. The minimum atomic E-state index is -0.102. The maximum atomic E-state index is 12.7. The number of carbonyl (C=O) groups is 2. The van der Waals surface area contributed by atoms with Gasteiger partial charge in [-0.15, -0.1) is 0 Å². The predicted octanol–water partition coefficient (Wildman–Crippen LogP) is 4.10. The van der Waals surface area contributed by atoms with Gasteiger partial charge in [0, 0.05) is 24.7 Å². The summed E-state index contributed by atoms with van der Waals surface area (Å²) in [7, 11) is 1.60.